The smallest absolute Gasteiger partial charge is 0.288 e. The van der Waals surface area contributed by atoms with E-state index in [1.165, 1.54) is 16.5 Å². The average molecular weight is 311 g/mol. The SMILES string of the molecule is CCc1ccsc1CNc1cc(Cl)c([N+](=O)[O-])cc1C. The van der Waals surface area contributed by atoms with Crippen LogP contribution in [0.4, 0.5) is 11.4 Å². The fourth-order valence-corrected chi connectivity index (χ4v) is 3.16. The lowest BCUT2D eigenvalue weighted by atomic mass is 10.1. The number of nitro groups is 1. The zero-order chi connectivity index (χ0) is 14.7. The lowest BCUT2D eigenvalue weighted by Crippen LogP contribution is -2.02. The molecule has 1 N–H and O–H groups in total. The molecule has 0 saturated carbocycles. The molecule has 20 heavy (non-hydrogen) atoms. The molecule has 0 unspecified atom stereocenters. The second-order valence-electron chi connectivity index (χ2n) is 4.45. The molecular formula is C14H15ClN2O2S. The number of nitrogens with zero attached hydrogens (tertiary/aromatic N) is 1. The number of hydrogen-bond acceptors (Lipinski definition) is 4. The highest BCUT2D eigenvalue weighted by Gasteiger charge is 2.15. The Hall–Kier alpha value is -1.59. The minimum Gasteiger partial charge on any atom is -0.380 e. The molecule has 0 aliphatic rings. The standard InChI is InChI=1S/C14H15ClN2O2S/c1-3-10-4-5-20-14(10)8-16-12-7-11(15)13(17(18)19)6-9(12)2/h4-7,16H,3,8H2,1-2H3. The minimum absolute atomic E-state index is 0.0555. The summed E-state index contributed by atoms with van der Waals surface area (Å²) in [4.78, 5) is 11.6. The average Bonchev–Trinajstić information content (AvgIpc) is 2.86. The molecule has 2 rings (SSSR count). The highest BCUT2D eigenvalue weighted by molar-refractivity contribution is 7.10. The second-order valence-corrected chi connectivity index (χ2v) is 5.86. The van der Waals surface area contributed by atoms with Gasteiger partial charge in [-0.3, -0.25) is 10.1 Å². The van der Waals surface area contributed by atoms with Crippen molar-refractivity contribution in [3.05, 3.63) is 54.7 Å². The van der Waals surface area contributed by atoms with Crippen LogP contribution in [0.2, 0.25) is 5.02 Å². The van der Waals surface area contributed by atoms with Gasteiger partial charge >= 0.3 is 0 Å². The number of thiophene rings is 1. The Labute approximate surface area is 126 Å². The van der Waals surface area contributed by atoms with Gasteiger partial charge in [0.2, 0.25) is 0 Å². The van der Waals surface area contributed by atoms with Gasteiger partial charge < -0.3 is 5.32 Å². The van der Waals surface area contributed by atoms with Gasteiger partial charge in [0.1, 0.15) is 5.02 Å². The molecule has 1 heterocycles. The third-order valence-corrected chi connectivity index (χ3v) is 4.41. The number of anilines is 1. The van der Waals surface area contributed by atoms with E-state index < -0.39 is 4.92 Å². The van der Waals surface area contributed by atoms with Gasteiger partial charge in [-0.1, -0.05) is 18.5 Å². The first-order valence-corrected chi connectivity index (χ1v) is 7.52. The van der Waals surface area contributed by atoms with Crippen molar-refractivity contribution in [2.75, 3.05) is 5.32 Å². The van der Waals surface area contributed by atoms with Gasteiger partial charge in [0.05, 0.1) is 4.92 Å². The van der Waals surface area contributed by atoms with Crippen LogP contribution in [0.25, 0.3) is 0 Å². The van der Waals surface area contributed by atoms with Crippen LogP contribution in [0.5, 0.6) is 0 Å². The molecule has 0 fully saturated rings. The van der Waals surface area contributed by atoms with Gasteiger partial charge in [-0.25, -0.2) is 0 Å². The lowest BCUT2D eigenvalue weighted by Gasteiger charge is -2.10. The monoisotopic (exact) mass is 310 g/mol. The zero-order valence-corrected chi connectivity index (χ0v) is 12.8. The predicted molar refractivity (Wildman–Crippen MR) is 83.9 cm³/mol. The molecule has 2 aromatic rings. The summed E-state index contributed by atoms with van der Waals surface area (Å²) in [7, 11) is 0. The first kappa shape index (κ1) is 14.8. The van der Waals surface area contributed by atoms with Gasteiger partial charge in [-0.2, -0.15) is 0 Å². The second kappa shape index (κ2) is 6.24. The summed E-state index contributed by atoms with van der Waals surface area (Å²) in [6.45, 7) is 4.66. The van der Waals surface area contributed by atoms with Crippen LogP contribution in [-0.2, 0) is 13.0 Å². The maximum Gasteiger partial charge on any atom is 0.288 e. The molecule has 0 saturated heterocycles. The van der Waals surface area contributed by atoms with Gasteiger partial charge in [0, 0.05) is 23.2 Å². The van der Waals surface area contributed by atoms with Crippen LogP contribution in [0.3, 0.4) is 0 Å². The summed E-state index contributed by atoms with van der Waals surface area (Å²) in [5, 5.41) is 16.3. The molecular weight excluding hydrogens is 296 g/mol. The van der Waals surface area contributed by atoms with Crippen LogP contribution in [-0.4, -0.2) is 4.92 Å². The van der Waals surface area contributed by atoms with E-state index in [0.717, 1.165) is 17.7 Å². The summed E-state index contributed by atoms with van der Waals surface area (Å²) >= 11 is 7.64. The van der Waals surface area contributed by atoms with Crippen molar-refractivity contribution < 1.29 is 4.92 Å². The number of nitrogens with one attached hydrogen (secondary N) is 1. The van der Waals surface area contributed by atoms with E-state index in [1.807, 2.05) is 6.92 Å². The van der Waals surface area contributed by atoms with Crippen molar-refractivity contribution in [2.24, 2.45) is 0 Å². The van der Waals surface area contributed by atoms with E-state index in [1.54, 1.807) is 17.4 Å². The highest BCUT2D eigenvalue weighted by Crippen LogP contribution is 2.31. The normalized spacial score (nSPS) is 10.6. The molecule has 0 spiro atoms. The summed E-state index contributed by atoms with van der Waals surface area (Å²) < 4.78 is 0. The molecule has 0 radical (unpaired) electrons. The number of rotatable bonds is 5. The van der Waals surface area contributed by atoms with Gasteiger partial charge in [-0.15, -0.1) is 11.3 Å². The topological polar surface area (TPSA) is 55.2 Å². The number of nitro benzene ring substituents is 1. The molecule has 1 aromatic carbocycles. The largest absolute Gasteiger partial charge is 0.380 e. The third kappa shape index (κ3) is 3.11. The van der Waals surface area contributed by atoms with E-state index in [2.05, 4.69) is 23.7 Å². The molecule has 0 bridgehead atoms. The highest BCUT2D eigenvalue weighted by atomic mass is 35.5. The lowest BCUT2D eigenvalue weighted by molar-refractivity contribution is -0.384. The summed E-state index contributed by atoms with van der Waals surface area (Å²) in [6, 6.07) is 5.24. The maximum absolute atomic E-state index is 10.8. The Balaban J connectivity index is 2.18. The van der Waals surface area contributed by atoms with E-state index in [9.17, 15) is 10.1 Å². The Kier molecular flexibility index (Phi) is 4.62. The molecule has 4 nitrogen and oxygen atoms in total. The fraction of sp³-hybridized carbons (Fsp3) is 0.286. The zero-order valence-electron chi connectivity index (χ0n) is 11.3. The summed E-state index contributed by atoms with van der Waals surface area (Å²) in [6.07, 6.45) is 1.00. The quantitative estimate of drug-likeness (QED) is 0.638. The summed E-state index contributed by atoms with van der Waals surface area (Å²) in [5.41, 5.74) is 2.92. The van der Waals surface area contributed by atoms with Crippen molar-refractivity contribution in [1.29, 1.82) is 0 Å². The van der Waals surface area contributed by atoms with E-state index in [0.29, 0.717) is 6.54 Å². The number of halogens is 1. The molecule has 0 aliphatic carbocycles. The molecule has 0 aliphatic heterocycles. The molecule has 0 atom stereocenters. The van der Waals surface area contributed by atoms with Crippen LogP contribution >= 0.6 is 22.9 Å². The van der Waals surface area contributed by atoms with Crippen LogP contribution in [0, 0.1) is 17.0 Å². The van der Waals surface area contributed by atoms with Gasteiger partial charge in [0.15, 0.2) is 0 Å². The van der Waals surface area contributed by atoms with E-state index in [4.69, 9.17) is 11.6 Å². The molecule has 0 amide bonds. The van der Waals surface area contributed by atoms with Crippen molar-refractivity contribution in [3.8, 4) is 0 Å². The van der Waals surface area contributed by atoms with E-state index >= 15 is 0 Å². The Morgan fingerprint density at radius 3 is 2.85 bits per heavy atom. The third-order valence-electron chi connectivity index (χ3n) is 3.15. The number of benzene rings is 1. The number of aryl methyl sites for hydroxylation is 2. The van der Waals surface area contributed by atoms with Crippen LogP contribution in [0.1, 0.15) is 22.9 Å². The Morgan fingerprint density at radius 2 is 2.20 bits per heavy atom. The predicted octanol–water partition coefficient (Wildman–Crippen LogP) is 4.79. The molecule has 1 aromatic heterocycles. The fourth-order valence-electron chi connectivity index (χ4n) is 2.01. The molecule has 6 heteroatoms. The molecule has 106 valence electrons. The van der Waals surface area contributed by atoms with Crippen LogP contribution < -0.4 is 5.32 Å². The minimum atomic E-state index is -0.465. The Morgan fingerprint density at radius 1 is 1.45 bits per heavy atom. The van der Waals surface area contributed by atoms with Crippen molar-refractivity contribution in [3.63, 3.8) is 0 Å². The van der Waals surface area contributed by atoms with Crippen molar-refractivity contribution in [2.45, 2.75) is 26.8 Å². The van der Waals surface area contributed by atoms with Crippen LogP contribution in [0.15, 0.2) is 23.6 Å². The maximum atomic E-state index is 10.8. The first-order valence-electron chi connectivity index (χ1n) is 6.26. The Bertz CT molecular complexity index is 640. The first-order chi connectivity index (χ1) is 9.52. The van der Waals surface area contributed by atoms with Gasteiger partial charge in [-0.05, 0) is 42.0 Å². The number of hydrogen-bond donors (Lipinski definition) is 1. The van der Waals surface area contributed by atoms with Gasteiger partial charge in [0.25, 0.3) is 5.69 Å². The van der Waals surface area contributed by atoms with E-state index in [-0.39, 0.29) is 10.7 Å². The van der Waals surface area contributed by atoms with Crippen molar-refractivity contribution >= 4 is 34.3 Å². The van der Waals surface area contributed by atoms with Crippen molar-refractivity contribution in [1.82, 2.24) is 0 Å². The summed E-state index contributed by atoms with van der Waals surface area (Å²) in [5.74, 6) is 0.